The number of hydrogen-bond donors (Lipinski definition) is 4. The quantitative estimate of drug-likeness (QED) is 0.345. The first-order valence-corrected chi connectivity index (χ1v) is 10.4. The van der Waals surface area contributed by atoms with Gasteiger partial charge in [0.1, 0.15) is 10.8 Å². The number of aromatic nitrogens is 5. The molecule has 0 aliphatic heterocycles. The molecule has 0 fully saturated rings. The van der Waals surface area contributed by atoms with Crippen molar-refractivity contribution in [3.63, 3.8) is 0 Å². The molecule has 2 amide bonds. The fourth-order valence-corrected chi connectivity index (χ4v) is 3.86. The van der Waals surface area contributed by atoms with Gasteiger partial charge in [-0.3, -0.25) is 25.3 Å². The highest BCUT2D eigenvalue weighted by Crippen LogP contribution is 2.38. The van der Waals surface area contributed by atoms with Crippen LogP contribution in [-0.4, -0.2) is 37.7 Å². The first kappa shape index (κ1) is 22.2. The molecule has 4 rings (SSSR count). The van der Waals surface area contributed by atoms with E-state index in [1.165, 1.54) is 30.7 Å². The Morgan fingerprint density at radius 1 is 1.09 bits per heavy atom. The molecule has 0 spiro atoms. The average Bonchev–Trinajstić information content (AvgIpc) is 3.43. The smallest absolute Gasteiger partial charge is 0.338 e. The van der Waals surface area contributed by atoms with Gasteiger partial charge in [0.2, 0.25) is 0 Å². The van der Waals surface area contributed by atoms with Gasteiger partial charge in [-0.25, -0.2) is 14.8 Å². The van der Waals surface area contributed by atoms with Gasteiger partial charge in [0.25, 0.3) is 5.56 Å². The van der Waals surface area contributed by atoms with Gasteiger partial charge >= 0.3 is 12.2 Å². The number of thiazole rings is 1. The van der Waals surface area contributed by atoms with Crippen LogP contribution in [0, 0.1) is 0 Å². The largest absolute Gasteiger partial charge is 0.434 e. The van der Waals surface area contributed by atoms with Crippen molar-refractivity contribution in [3.05, 3.63) is 58.2 Å². The predicted molar refractivity (Wildman–Crippen MR) is 117 cm³/mol. The van der Waals surface area contributed by atoms with Crippen LogP contribution in [0.2, 0.25) is 0 Å². The van der Waals surface area contributed by atoms with Crippen LogP contribution in [0.3, 0.4) is 0 Å². The lowest BCUT2D eigenvalue weighted by Crippen LogP contribution is -2.28. The second-order valence-electron chi connectivity index (χ2n) is 6.77. The molecule has 4 aromatic rings. The van der Waals surface area contributed by atoms with E-state index in [-0.39, 0.29) is 16.4 Å². The number of carbonyl (C=O) groups is 1. The average molecular weight is 475 g/mol. The van der Waals surface area contributed by atoms with Crippen LogP contribution in [0.5, 0.6) is 0 Å². The maximum atomic E-state index is 13.1. The number of H-pyrrole nitrogens is 2. The maximum absolute atomic E-state index is 13.1. The summed E-state index contributed by atoms with van der Waals surface area (Å²) in [5.74, 6) is 0.141. The molecule has 0 radical (unpaired) electrons. The zero-order valence-electron chi connectivity index (χ0n) is 16.9. The summed E-state index contributed by atoms with van der Waals surface area (Å²) in [5.41, 5.74) is 1.06. The SMILES string of the molecule is CCNC(=O)Nc1cc(-c2nc(C(F)(F)F)cs2)c(-c2cncc(-c3cc(=O)[nH][nH]3)c2)cn1. The normalized spacial score (nSPS) is 11.4. The third-order valence-electron chi connectivity index (χ3n) is 4.46. The highest BCUT2D eigenvalue weighted by Gasteiger charge is 2.34. The molecule has 170 valence electrons. The lowest BCUT2D eigenvalue weighted by molar-refractivity contribution is -0.140. The highest BCUT2D eigenvalue weighted by atomic mass is 32.1. The Hall–Kier alpha value is -4.00. The lowest BCUT2D eigenvalue weighted by atomic mass is 10.0. The van der Waals surface area contributed by atoms with Crippen LogP contribution in [0.25, 0.3) is 33.0 Å². The predicted octanol–water partition coefficient (Wildman–Crippen LogP) is 4.11. The number of halogens is 3. The van der Waals surface area contributed by atoms with E-state index in [2.05, 4.69) is 35.8 Å². The molecule has 4 aromatic heterocycles. The van der Waals surface area contributed by atoms with E-state index in [1.54, 1.807) is 13.0 Å². The van der Waals surface area contributed by atoms with Gasteiger partial charge in [0, 0.05) is 58.8 Å². The van der Waals surface area contributed by atoms with Gasteiger partial charge in [0.05, 0.1) is 5.69 Å². The summed E-state index contributed by atoms with van der Waals surface area (Å²) in [6, 6.07) is 4.02. The maximum Gasteiger partial charge on any atom is 0.434 e. The Bertz CT molecular complexity index is 1360. The second kappa shape index (κ2) is 8.86. The number of anilines is 1. The number of nitrogens with one attached hydrogen (secondary N) is 4. The van der Waals surface area contributed by atoms with Crippen molar-refractivity contribution >= 4 is 23.2 Å². The number of urea groups is 1. The van der Waals surface area contributed by atoms with Gasteiger partial charge < -0.3 is 5.32 Å². The fourth-order valence-electron chi connectivity index (χ4n) is 3.00. The Balaban J connectivity index is 1.81. The number of carbonyl (C=O) groups excluding carboxylic acids is 1. The Labute approximate surface area is 188 Å². The molecule has 4 heterocycles. The van der Waals surface area contributed by atoms with E-state index in [0.717, 1.165) is 16.7 Å². The first-order valence-electron chi connectivity index (χ1n) is 9.56. The van der Waals surface area contributed by atoms with Crippen molar-refractivity contribution in [2.24, 2.45) is 0 Å². The topological polar surface area (TPSA) is 128 Å². The zero-order valence-corrected chi connectivity index (χ0v) is 17.8. The molecule has 0 saturated carbocycles. The molecular formula is C20H16F3N7O2S. The summed E-state index contributed by atoms with van der Waals surface area (Å²) in [6.07, 6.45) is -0.117. The zero-order chi connectivity index (χ0) is 23.6. The number of rotatable bonds is 5. The molecule has 0 bridgehead atoms. The monoisotopic (exact) mass is 475 g/mol. The molecule has 0 atom stereocenters. The van der Waals surface area contributed by atoms with Gasteiger partial charge in [-0.15, -0.1) is 11.3 Å². The van der Waals surface area contributed by atoms with Crippen LogP contribution in [0.1, 0.15) is 12.6 Å². The van der Waals surface area contributed by atoms with Crippen molar-refractivity contribution in [2.45, 2.75) is 13.1 Å². The number of pyridine rings is 2. The summed E-state index contributed by atoms with van der Waals surface area (Å²) < 4.78 is 39.4. The summed E-state index contributed by atoms with van der Waals surface area (Å²) in [6.45, 7) is 2.13. The highest BCUT2D eigenvalue weighted by molar-refractivity contribution is 7.13. The van der Waals surface area contributed by atoms with Crippen LogP contribution in [-0.2, 0) is 6.18 Å². The second-order valence-corrected chi connectivity index (χ2v) is 7.63. The standard InChI is InChI=1S/C20H16F3N7O2S/c1-2-25-19(32)28-16-4-12(18-27-15(9-33-18)20(21,22)23)13(8-26-16)10-3-11(7-24-6-10)14-5-17(31)30-29-14/h3-9H,2H2,1H3,(H2,29,30,31)(H2,25,26,28,32). The Morgan fingerprint density at radius 3 is 2.55 bits per heavy atom. The third-order valence-corrected chi connectivity index (χ3v) is 5.34. The molecule has 0 unspecified atom stereocenters. The van der Waals surface area contributed by atoms with Crippen molar-refractivity contribution in [2.75, 3.05) is 11.9 Å². The van der Waals surface area contributed by atoms with Crippen molar-refractivity contribution in [1.82, 2.24) is 30.5 Å². The first-order chi connectivity index (χ1) is 15.7. The minimum absolute atomic E-state index is 0.0964. The molecule has 4 N–H and O–H groups in total. The number of alkyl halides is 3. The van der Waals surface area contributed by atoms with E-state index >= 15 is 0 Å². The molecule has 13 heteroatoms. The minimum atomic E-state index is -4.59. The van der Waals surface area contributed by atoms with E-state index in [0.29, 0.717) is 34.5 Å². The van der Waals surface area contributed by atoms with Crippen LogP contribution in [0.15, 0.2) is 47.0 Å². The number of nitrogens with zero attached hydrogens (tertiary/aromatic N) is 3. The van der Waals surface area contributed by atoms with Crippen molar-refractivity contribution in [1.29, 1.82) is 0 Å². The summed E-state index contributed by atoms with van der Waals surface area (Å²) in [5, 5.41) is 11.3. The molecule has 9 nitrogen and oxygen atoms in total. The number of hydrogen-bond acceptors (Lipinski definition) is 6. The van der Waals surface area contributed by atoms with E-state index in [4.69, 9.17) is 0 Å². The molecule has 0 aliphatic rings. The third kappa shape index (κ3) is 4.92. The van der Waals surface area contributed by atoms with Gasteiger partial charge in [-0.2, -0.15) is 13.2 Å². The summed E-state index contributed by atoms with van der Waals surface area (Å²) >= 11 is 0.820. The molecule has 33 heavy (non-hydrogen) atoms. The minimum Gasteiger partial charge on any atom is -0.338 e. The number of amides is 2. The Morgan fingerprint density at radius 2 is 1.88 bits per heavy atom. The van der Waals surface area contributed by atoms with Crippen molar-refractivity contribution < 1.29 is 18.0 Å². The van der Waals surface area contributed by atoms with E-state index in [1.807, 2.05) is 0 Å². The molecule has 0 saturated heterocycles. The van der Waals surface area contributed by atoms with Gasteiger partial charge in [-0.1, -0.05) is 0 Å². The van der Waals surface area contributed by atoms with Gasteiger partial charge in [-0.05, 0) is 19.1 Å². The lowest BCUT2D eigenvalue weighted by Gasteiger charge is -2.11. The Kier molecular flexibility index (Phi) is 5.96. The molecular weight excluding hydrogens is 459 g/mol. The summed E-state index contributed by atoms with van der Waals surface area (Å²) in [7, 11) is 0. The number of aromatic amines is 2. The summed E-state index contributed by atoms with van der Waals surface area (Å²) in [4.78, 5) is 35.5. The van der Waals surface area contributed by atoms with E-state index in [9.17, 15) is 22.8 Å². The molecule has 0 aromatic carbocycles. The van der Waals surface area contributed by atoms with Crippen LogP contribution in [0.4, 0.5) is 23.8 Å². The van der Waals surface area contributed by atoms with E-state index < -0.39 is 17.9 Å². The van der Waals surface area contributed by atoms with Crippen molar-refractivity contribution in [3.8, 4) is 33.0 Å². The molecule has 0 aliphatic carbocycles. The van der Waals surface area contributed by atoms with Gasteiger partial charge in [0.15, 0.2) is 5.69 Å². The van der Waals surface area contributed by atoms with Crippen LogP contribution >= 0.6 is 11.3 Å². The fraction of sp³-hybridized carbons (Fsp3) is 0.150. The van der Waals surface area contributed by atoms with Crippen LogP contribution < -0.4 is 16.2 Å².